The number of hydrogen-bond donors (Lipinski definition) is 2. The van der Waals surface area contributed by atoms with E-state index in [1.807, 2.05) is 0 Å². The van der Waals surface area contributed by atoms with Crippen LogP contribution in [0.4, 0.5) is 9.59 Å². The van der Waals surface area contributed by atoms with Gasteiger partial charge in [0.1, 0.15) is 12.6 Å². The first kappa shape index (κ1) is 31.0. The van der Waals surface area contributed by atoms with Gasteiger partial charge in [0.2, 0.25) is 11.7 Å². The maximum absolute atomic E-state index is 13.3. The Kier molecular flexibility index (Phi) is 12.6. The van der Waals surface area contributed by atoms with Crippen LogP contribution >= 0.6 is 0 Å². The molecule has 12 nitrogen and oxygen atoms in total. The van der Waals surface area contributed by atoms with Crippen molar-refractivity contribution >= 4 is 35.7 Å². The quantitative estimate of drug-likeness (QED) is 0.193. The summed E-state index contributed by atoms with van der Waals surface area (Å²) in [4.78, 5) is 78.0. The number of ether oxygens (including phenoxy) is 2. The third-order valence-electron chi connectivity index (χ3n) is 5.84. The number of amides is 5. The number of ketones is 1. The summed E-state index contributed by atoms with van der Waals surface area (Å²) in [5.74, 6) is -2.93. The number of carbonyl (C=O) groups is 6. The Morgan fingerprint density at radius 2 is 1.85 bits per heavy atom. The molecule has 1 aliphatic heterocycles. The summed E-state index contributed by atoms with van der Waals surface area (Å²) in [5, 5.41) is 4.92. The Morgan fingerprint density at radius 3 is 2.49 bits per heavy atom. The van der Waals surface area contributed by atoms with Crippen LogP contribution in [0.2, 0.25) is 0 Å². The van der Waals surface area contributed by atoms with Crippen molar-refractivity contribution in [2.24, 2.45) is 0 Å². The van der Waals surface area contributed by atoms with Crippen LogP contribution in [0.5, 0.6) is 0 Å². The topological polar surface area (TPSA) is 151 Å². The zero-order chi connectivity index (χ0) is 28.8. The summed E-state index contributed by atoms with van der Waals surface area (Å²) in [6.07, 6.45) is 1.36. The molecule has 0 spiro atoms. The van der Waals surface area contributed by atoms with Gasteiger partial charge < -0.3 is 25.0 Å². The normalized spacial score (nSPS) is 15.3. The van der Waals surface area contributed by atoms with Crippen molar-refractivity contribution in [3.63, 3.8) is 0 Å². The van der Waals surface area contributed by atoms with Crippen molar-refractivity contribution in [3.8, 4) is 0 Å². The Balaban J connectivity index is 2.18. The van der Waals surface area contributed by atoms with Crippen molar-refractivity contribution in [1.82, 2.24) is 20.4 Å². The lowest BCUT2D eigenvalue weighted by Crippen LogP contribution is -2.54. The highest BCUT2D eigenvalue weighted by molar-refractivity contribution is 6.38. The molecule has 0 radical (unpaired) electrons. The summed E-state index contributed by atoms with van der Waals surface area (Å²) >= 11 is 0. The highest BCUT2D eigenvalue weighted by Gasteiger charge is 2.46. The molecular weight excluding hydrogens is 508 g/mol. The van der Waals surface area contributed by atoms with Gasteiger partial charge in [0, 0.05) is 19.5 Å². The first-order chi connectivity index (χ1) is 18.7. The van der Waals surface area contributed by atoms with Gasteiger partial charge in [0.15, 0.2) is 0 Å². The fraction of sp³-hybridized carbons (Fsp3) is 0.481. The minimum absolute atomic E-state index is 0.0554. The van der Waals surface area contributed by atoms with Gasteiger partial charge in [-0.25, -0.2) is 14.5 Å². The van der Waals surface area contributed by atoms with E-state index in [-0.39, 0.29) is 52.1 Å². The lowest BCUT2D eigenvalue weighted by molar-refractivity contribution is -0.143. The standard InChI is InChI=1S/C27H36N4O8/c1-4-11-20(23(33)25(35)28-15-5-2)29-24(34)21-17-30(16-10-14-22(32)38-6-3)26(36)31(21)27(37)39-18-19-12-8-7-9-13-19/h5,7-9,12-13,20-21H,2,4,6,10-11,14-18H2,1,3H3,(H,28,35)(H,29,34). The van der Waals surface area contributed by atoms with Crippen LogP contribution in [0.1, 0.15) is 45.1 Å². The van der Waals surface area contributed by atoms with Crippen molar-refractivity contribution in [3.05, 3.63) is 48.6 Å². The molecular formula is C27H36N4O8. The van der Waals surface area contributed by atoms with Crippen molar-refractivity contribution in [2.75, 3.05) is 26.2 Å². The molecule has 2 rings (SSSR count). The van der Waals surface area contributed by atoms with Crippen molar-refractivity contribution in [2.45, 2.75) is 58.2 Å². The molecule has 5 amide bonds. The number of hydrogen-bond acceptors (Lipinski definition) is 8. The van der Waals surface area contributed by atoms with E-state index in [0.717, 1.165) is 0 Å². The second-order valence-corrected chi connectivity index (χ2v) is 8.78. The molecule has 0 saturated carbocycles. The van der Waals surface area contributed by atoms with Crippen molar-refractivity contribution in [1.29, 1.82) is 0 Å². The highest BCUT2D eigenvalue weighted by Crippen LogP contribution is 2.20. The van der Waals surface area contributed by atoms with Crippen LogP contribution in [0.15, 0.2) is 43.0 Å². The molecule has 1 aromatic carbocycles. The number of imide groups is 1. The van der Waals surface area contributed by atoms with Crippen molar-refractivity contribution < 1.29 is 38.2 Å². The minimum Gasteiger partial charge on any atom is -0.466 e. The van der Waals surface area contributed by atoms with E-state index in [4.69, 9.17) is 9.47 Å². The van der Waals surface area contributed by atoms with E-state index in [2.05, 4.69) is 17.2 Å². The van der Waals surface area contributed by atoms with E-state index in [0.29, 0.717) is 16.9 Å². The molecule has 0 bridgehead atoms. The van der Waals surface area contributed by atoms with Crippen LogP contribution in [0.3, 0.4) is 0 Å². The first-order valence-electron chi connectivity index (χ1n) is 12.9. The molecule has 2 N–H and O–H groups in total. The van der Waals surface area contributed by atoms with Gasteiger partial charge in [-0.2, -0.15) is 0 Å². The number of carbonyl (C=O) groups excluding carboxylic acids is 6. The number of esters is 1. The fourth-order valence-electron chi connectivity index (χ4n) is 3.92. The van der Waals surface area contributed by atoms with Crippen LogP contribution in [0.25, 0.3) is 0 Å². The molecule has 2 unspecified atom stereocenters. The summed E-state index contributed by atoms with van der Waals surface area (Å²) in [5.41, 5.74) is 0.684. The molecule has 1 aliphatic rings. The number of benzene rings is 1. The van der Waals surface area contributed by atoms with Crippen LogP contribution in [0, 0.1) is 0 Å². The summed E-state index contributed by atoms with van der Waals surface area (Å²) < 4.78 is 10.2. The van der Waals surface area contributed by atoms with E-state index >= 15 is 0 Å². The first-order valence-corrected chi connectivity index (χ1v) is 12.9. The van der Waals surface area contributed by atoms with E-state index in [1.165, 1.54) is 11.0 Å². The van der Waals surface area contributed by atoms with Gasteiger partial charge in [0.05, 0.1) is 19.2 Å². The summed E-state index contributed by atoms with van der Waals surface area (Å²) in [7, 11) is 0. The Morgan fingerprint density at radius 1 is 1.13 bits per heavy atom. The molecule has 2 atom stereocenters. The lowest BCUT2D eigenvalue weighted by atomic mass is 10.1. The number of Topliss-reactive ketones (excluding diaryl/α,β-unsaturated/α-hetero) is 1. The summed E-state index contributed by atoms with van der Waals surface area (Å²) in [6, 6.07) is 5.58. The molecule has 1 heterocycles. The number of nitrogens with zero attached hydrogens (tertiary/aromatic N) is 2. The van der Waals surface area contributed by atoms with Gasteiger partial charge >= 0.3 is 18.1 Å². The zero-order valence-electron chi connectivity index (χ0n) is 22.4. The fourth-order valence-corrected chi connectivity index (χ4v) is 3.92. The smallest absolute Gasteiger partial charge is 0.419 e. The monoisotopic (exact) mass is 544 g/mol. The molecule has 0 aromatic heterocycles. The van der Waals surface area contributed by atoms with E-state index < -0.39 is 47.8 Å². The molecule has 12 heteroatoms. The van der Waals surface area contributed by atoms with E-state index in [1.54, 1.807) is 44.2 Å². The molecule has 1 saturated heterocycles. The Hall–Kier alpha value is -4.22. The van der Waals surface area contributed by atoms with Crippen LogP contribution in [-0.4, -0.2) is 83.8 Å². The predicted molar refractivity (Wildman–Crippen MR) is 140 cm³/mol. The number of urea groups is 1. The zero-order valence-corrected chi connectivity index (χ0v) is 22.4. The molecule has 1 fully saturated rings. The molecule has 0 aliphatic carbocycles. The molecule has 39 heavy (non-hydrogen) atoms. The van der Waals surface area contributed by atoms with Gasteiger partial charge in [-0.3, -0.25) is 19.2 Å². The Labute approximate surface area is 227 Å². The molecule has 1 aromatic rings. The maximum atomic E-state index is 13.3. The van der Waals surface area contributed by atoms with E-state index in [9.17, 15) is 28.8 Å². The van der Waals surface area contributed by atoms with Crippen LogP contribution in [-0.2, 0) is 35.3 Å². The number of nitrogens with one attached hydrogen (secondary N) is 2. The lowest BCUT2D eigenvalue weighted by Gasteiger charge is -2.23. The largest absolute Gasteiger partial charge is 0.466 e. The molecule has 212 valence electrons. The minimum atomic E-state index is -1.31. The second-order valence-electron chi connectivity index (χ2n) is 8.78. The summed E-state index contributed by atoms with van der Waals surface area (Å²) in [6.45, 7) is 7.04. The SMILES string of the molecule is C=CCNC(=O)C(=O)C(CCC)NC(=O)C1CN(CCCC(=O)OCC)C(=O)N1C(=O)OCc1ccccc1. The maximum Gasteiger partial charge on any atom is 0.419 e. The average molecular weight is 545 g/mol. The third-order valence-corrected chi connectivity index (χ3v) is 5.84. The van der Waals surface area contributed by atoms with Gasteiger partial charge in [-0.1, -0.05) is 49.8 Å². The predicted octanol–water partition coefficient (Wildman–Crippen LogP) is 1.93. The van der Waals surface area contributed by atoms with Gasteiger partial charge in [0.25, 0.3) is 5.91 Å². The number of rotatable bonds is 15. The Bertz CT molecular complexity index is 1050. The van der Waals surface area contributed by atoms with Gasteiger partial charge in [-0.05, 0) is 25.3 Å². The average Bonchev–Trinajstić information content (AvgIpc) is 3.26. The third kappa shape index (κ3) is 9.24. The highest BCUT2D eigenvalue weighted by atomic mass is 16.6. The second kappa shape index (κ2) is 15.9. The van der Waals surface area contributed by atoms with Crippen LogP contribution < -0.4 is 10.6 Å². The van der Waals surface area contributed by atoms with Gasteiger partial charge in [-0.15, -0.1) is 6.58 Å².